The Kier molecular flexibility index (Phi) is 6.77. The van der Waals surface area contributed by atoms with Gasteiger partial charge in [0.15, 0.2) is 0 Å². The Hall–Kier alpha value is -3.30. The highest BCUT2D eigenvalue weighted by molar-refractivity contribution is 6.30. The van der Waals surface area contributed by atoms with Gasteiger partial charge in [0, 0.05) is 43.0 Å². The number of hydrogen-bond donors (Lipinski definition) is 1. The zero-order chi connectivity index (χ0) is 25.3. The smallest absolute Gasteiger partial charge is 0.370 e. The quantitative estimate of drug-likeness (QED) is 0.461. The minimum Gasteiger partial charge on any atom is -0.370 e. The molecule has 1 unspecified atom stereocenters. The van der Waals surface area contributed by atoms with Crippen molar-refractivity contribution in [1.82, 2.24) is 9.88 Å². The molecule has 0 aliphatic carbocycles. The molecule has 6 nitrogen and oxygen atoms in total. The fraction of sp³-hybridized carbons (Fsp3) is 0.308. The molecule has 2 aliphatic rings. The highest BCUT2D eigenvalue weighted by atomic mass is 35.5. The van der Waals surface area contributed by atoms with Crippen molar-refractivity contribution >= 4 is 29.5 Å². The number of halogens is 4. The molecular weight excluding hydrogens is 493 g/mol. The number of carbonyl (C=O) groups is 1. The second kappa shape index (κ2) is 9.99. The van der Waals surface area contributed by atoms with Crippen LogP contribution in [0.3, 0.4) is 0 Å². The first kappa shape index (κ1) is 24.4. The van der Waals surface area contributed by atoms with Crippen molar-refractivity contribution in [2.75, 3.05) is 43.0 Å². The lowest BCUT2D eigenvalue weighted by molar-refractivity contribution is -0.138. The van der Waals surface area contributed by atoms with E-state index in [1.54, 1.807) is 11.1 Å². The fourth-order valence-corrected chi connectivity index (χ4v) is 4.84. The molecule has 1 amide bonds. The van der Waals surface area contributed by atoms with Gasteiger partial charge in [-0.25, -0.2) is 4.98 Å². The summed E-state index contributed by atoms with van der Waals surface area (Å²) in [5, 5.41) is 3.49. The summed E-state index contributed by atoms with van der Waals surface area (Å²) in [4.78, 5) is 19.3. The SMILES string of the molecule is O=CN1CCOC(c2cccc(-c3cnc4c(c3)N(Cc3cc(Cl)ccc3C(F)(F)F)CCN4)c2)C1. The highest BCUT2D eigenvalue weighted by Crippen LogP contribution is 2.37. The maximum atomic E-state index is 13.6. The van der Waals surface area contributed by atoms with Crippen LogP contribution in [-0.2, 0) is 22.3 Å². The summed E-state index contributed by atoms with van der Waals surface area (Å²) in [7, 11) is 0. The monoisotopic (exact) mass is 516 g/mol. The minimum atomic E-state index is -4.47. The van der Waals surface area contributed by atoms with Crippen LogP contribution >= 0.6 is 11.6 Å². The van der Waals surface area contributed by atoms with Gasteiger partial charge in [-0.1, -0.05) is 29.8 Å². The number of ether oxygens (including phenoxy) is 1. The molecule has 1 N–H and O–H groups in total. The summed E-state index contributed by atoms with van der Waals surface area (Å²) < 4.78 is 46.8. The summed E-state index contributed by atoms with van der Waals surface area (Å²) in [6.07, 6.45) is -2.12. The molecule has 1 saturated heterocycles. The molecule has 5 rings (SSSR count). The predicted molar refractivity (Wildman–Crippen MR) is 132 cm³/mol. The van der Waals surface area contributed by atoms with Crippen molar-refractivity contribution in [2.24, 2.45) is 0 Å². The Labute approximate surface area is 211 Å². The molecule has 36 heavy (non-hydrogen) atoms. The van der Waals surface area contributed by atoms with E-state index in [1.807, 2.05) is 35.2 Å². The number of anilines is 2. The van der Waals surface area contributed by atoms with Gasteiger partial charge in [0.25, 0.3) is 0 Å². The molecule has 1 aromatic heterocycles. The zero-order valence-electron chi connectivity index (χ0n) is 19.3. The largest absolute Gasteiger partial charge is 0.416 e. The van der Waals surface area contributed by atoms with E-state index >= 15 is 0 Å². The third-order valence-corrected chi connectivity index (χ3v) is 6.69. The summed E-state index contributed by atoms with van der Waals surface area (Å²) in [5.41, 5.74) is 2.82. The number of pyridine rings is 1. The Morgan fingerprint density at radius 3 is 2.81 bits per heavy atom. The minimum absolute atomic E-state index is 0.0483. The summed E-state index contributed by atoms with van der Waals surface area (Å²) >= 11 is 6.04. The lowest BCUT2D eigenvalue weighted by Gasteiger charge is -2.32. The zero-order valence-corrected chi connectivity index (χ0v) is 20.0. The van der Waals surface area contributed by atoms with E-state index in [1.165, 1.54) is 12.1 Å². The number of rotatable bonds is 5. The molecule has 0 spiro atoms. The molecule has 0 radical (unpaired) electrons. The molecule has 1 atom stereocenters. The lowest BCUT2D eigenvalue weighted by Crippen LogP contribution is -2.37. The van der Waals surface area contributed by atoms with Crippen LogP contribution in [0.5, 0.6) is 0 Å². The molecule has 3 heterocycles. The van der Waals surface area contributed by atoms with Gasteiger partial charge in [0.2, 0.25) is 6.41 Å². The van der Waals surface area contributed by atoms with Crippen molar-refractivity contribution < 1.29 is 22.7 Å². The first-order chi connectivity index (χ1) is 17.3. The molecular formula is C26H24ClF3N4O2. The number of alkyl halides is 3. The fourth-order valence-electron chi connectivity index (χ4n) is 4.64. The number of nitrogens with zero attached hydrogens (tertiary/aromatic N) is 3. The van der Waals surface area contributed by atoms with Crippen LogP contribution in [0, 0.1) is 0 Å². The van der Waals surface area contributed by atoms with Crippen LogP contribution in [0.25, 0.3) is 11.1 Å². The number of nitrogens with one attached hydrogen (secondary N) is 1. The van der Waals surface area contributed by atoms with E-state index in [0.717, 1.165) is 34.9 Å². The third-order valence-electron chi connectivity index (χ3n) is 6.46. The number of amides is 1. The van der Waals surface area contributed by atoms with Crippen LogP contribution in [0.1, 0.15) is 22.8 Å². The van der Waals surface area contributed by atoms with Crippen LogP contribution < -0.4 is 10.2 Å². The number of hydrogen-bond acceptors (Lipinski definition) is 5. The Morgan fingerprint density at radius 1 is 1.14 bits per heavy atom. The molecule has 2 aliphatic heterocycles. The van der Waals surface area contributed by atoms with Crippen molar-refractivity contribution in [3.63, 3.8) is 0 Å². The van der Waals surface area contributed by atoms with Gasteiger partial charge in [-0.3, -0.25) is 4.79 Å². The van der Waals surface area contributed by atoms with Gasteiger partial charge in [-0.15, -0.1) is 0 Å². The van der Waals surface area contributed by atoms with E-state index in [0.29, 0.717) is 38.6 Å². The molecule has 0 bridgehead atoms. The Balaban J connectivity index is 1.45. The molecule has 10 heteroatoms. The van der Waals surface area contributed by atoms with Crippen LogP contribution in [0.4, 0.5) is 24.7 Å². The van der Waals surface area contributed by atoms with Crippen molar-refractivity contribution in [3.8, 4) is 11.1 Å². The van der Waals surface area contributed by atoms with Gasteiger partial charge in [0.05, 0.1) is 24.4 Å². The maximum Gasteiger partial charge on any atom is 0.416 e. The average Bonchev–Trinajstić information content (AvgIpc) is 2.88. The summed E-state index contributed by atoms with van der Waals surface area (Å²) in [5.74, 6) is 0.619. The van der Waals surface area contributed by atoms with Crippen molar-refractivity contribution in [3.05, 3.63) is 76.4 Å². The first-order valence-corrected chi connectivity index (χ1v) is 12.0. The normalized spacial score (nSPS) is 17.9. The molecule has 1 fully saturated rings. The number of benzene rings is 2. The number of morpholine rings is 1. The van der Waals surface area contributed by atoms with E-state index in [9.17, 15) is 18.0 Å². The van der Waals surface area contributed by atoms with E-state index < -0.39 is 11.7 Å². The van der Waals surface area contributed by atoms with Gasteiger partial charge < -0.3 is 19.9 Å². The van der Waals surface area contributed by atoms with Crippen LogP contribution in [0.15, 0.2) is 54.7 Å². The average molecular weight is 517 g/mol. The number of carbonyl (C=O) groups excluding carboxylic acids is 1. The predicted octanol–water partition coefficient (Wildman–Crippen LogP) is 5.38. The van der Waals surface area contributed by atoms with Crippen molar-refractivity contribution in [2.45, 2.75) is 18.8 Å². The van der Waals surface area contributed by atoms with E-state index in [2.05, 4.69) is 10.3 Å². The molecule has 0 saturated carbocycles. The lowest BCUT2D eigenvalue weighted by atomic mass is 10.00. The van der Waals surface area contributed by atoms with Gasteiger partial charge in [-0.2, -0.15) is 13.2 Å². The second-order valence-electron chi connectivity index (χ2n) is 8.82. The van der Waals surface area contributed by atoms with Gasteiger partial charge >= 0.3 is 6.18 Å². The molecule has 3 aromatic rings. The molecule has 188 valence electrons. The maximum absolute atomic E-state index is 13.6. The van der Waals surface area contributed by atoms with Crippen LogP contribution in [0.2, 0.25) is 5.02 Å². The standard InChI is InChI=1S/C26H24ClF3N4O2/c27-21-4-5-22(26(28,29)30)20(11-21)14-34-7-6-31-25-23(34)12-19(13-32-25)17-2-1-3-18(10-17)24-15-33(16-35)8-9-36-24/h1-5,10-13,16,24H,6-9,14-15H2,(H,31,32). The third kappa shape index (κ3) is 5.12. The van der Waals surface area contributed by atoms with Crippen LogP contribution in [-0.4, -0.2) is 49.1 Å². The highest BCUT2D eigenvalue weighted by Gasteiger charge is 2.34. The first-order valence-electron chi connectivity index (χ1n) is 11.6. The number of aromatic nitrogens is 1. The second-order valence-corrected chi connectivity index (χ2v) is 9.26. The van der Waals surface area contributed by atoms with Gasteiger partial charge in [0.1, 0.15) is 11.9 Å². The van der Waals surface area contributed by atoms with Crippen molar-refractivity contribution in [1.29, 1.82) is 0 Å². The Bertz CT molecular complexity index is 1270. The Morgan fingerprint density at radius 2 is 2.00 bits per heavy atom. The summed E-state index contributed by atoms with van der Waals surface area (Å²) in [6, 6.07) is 13.4. The van der Waals surface area contributed by atoms with E-state index in [4.69, 9.17) is 16.3 Å². The van der Waals surface area contributed by atoms with Gasteiger partial charge in [-0.05, 0) is 47.0 Å². The number of fused-ring (bicyclic) bond motifs is 1. The topological polar surface area (TPSA) is 57.7 Å². The molecule has 2 aromatic carbocycles. The van der Waals surface area contributed by atoms with E-state index in [-0.39, 0.29) is 23.2 Å². The summed E-state index contributed by atoms with van der Waals surface area (Å²) in [6.45, 7) is 2.64.